The number of benzene rings is 1. The van der Waals surface area contributed by atoms with Gasteiger partial charge in [-0.05, 0) is 31.5 Å². The normalized spacial score (nSPS) is 11.4. The highest BCUT2D eigenvalue weighted by Crippen LogP contribution is 2.49. The standard InChI is InChI=1S/C13H16ClN2O4PS2/c1-3-18-21(22,19-4-2)20-12-15-13(23-16-12)17-9-10-5-7-11(14)8-6-10/h5-8H,3-4,9H2,1-2H3. The fraction of sp³-hybridized carbons (Fsp3) is 0.385. The van der Waals surface area contributed by atoms with E-state index in [0.717, 1.165) is 17.1 Å². The number of nitrogens with zero attached hydrogens (tertiary/aromatic N) is 2. The molecule has 0 radical (unpaired) electrons. The lowest BCUT2D eigenvalue weighted by atomic mass is 10.2. The van der Waals surface area contributed by atoms with Gasteiger partial charge in [0.1, 0.15) is 6.61 Å². The summed E-state index contributed by atoms with van der Waals surface area (Å²) >= 11 is 12.2. The highest BCUT2D eigenvalue weighted by Gasteiger charge is 2.24. The number of rotatable bonds is 9. The van der Waals surface area contributed by atoms with Gasteiger partial charge in [-0.2, -0.15) is 0 Å². The van der Waals surface area contributed by atoms with E-state index < -0.39 is 6.72 Å². The van der Waals surface area contributed by atoms with Crippen molar-refractivity contribution >= 4 is 41.7 Å². The van der Waals surface area contributed by atoms with Gasteiger partial charge in [0.25, 0.3) is 5.19 Å². The van der Waals surface area contributed by atoms with E-state index in [4.69, 9.17) is 41.7 Å². The summed E-state index contributed by atoms with van der Waals surface area (Å²) in [5.74, 6) is 0. The first-order valence-electron chi connectivity index (χ1n) is 6.84. The fourth-order valence-electron chi connectivity index (χ4n) is 1.52. The number of ether oxygens (including phenoxy) is 1. The van der Waals surface area contributed by atoms with Crippen LogP contribution in [0.4, 0.5) is 0 Å². The van der Waals surface area contributed by atoms with E-state index in [9.17, 15) is 0 Å². The van der Waals surface area contributed by atoms with Crippen LogP contribution < -0.4 is 9.26 Å². The zero-order valence-corrected chi connectivity index (χ0v) is 15.9. The molecule has 0 saturated carbocycles. The maximum Gasteiger partial charge on any atom is 0.382 e. The lowest BCUT2D eigenvalue weighted by molar-refractivity contribution is 0.214. The maximum absolute atomic E-state index is 5.84. The van der Waals surface area contributed by atoms with Gasteiger partial charge in [0.2, 0.25) is 0 Å². The smallest absolute Gasteiger partial charge is 0.382 e. The zero-order chi connectivity index (χ0) is 16.7. The van der Waals surface area contributed by atoms with Crippen LogP contribution in [0.5, 0.6) is 11.2 Å². The van der Waals surface area contributed by atoms with Crippen molar-refractivity contribution in [1.29, 1.82) is 0 Å². The Labute approximate surface area is 149 Å². The summed E-state index contributed by atoms with van der Waals surface area (Å²) in [4.78, 5) is 4.13. The average Bonchev–Trinajstić information content (AvgIpc) is 2.94. The largest absolute Gasteiger partial charge is 0.464 e. The van der Waals surface area contributed by atoms with Crippen LogP contribution in [0, 0.1) is 0 Å². The van der Waals surface area contributed by atoms with Gasteiger partial charge >= 0.3 is 12.7 Å². The Bertz CT molecular complexity index is 658. The van der Waals surface area contributed by atoms with E-state index in [1.807, 2.05) is 26.0 Å². The summed E-state index contributed by atoms with van der Waals surface area (Å²) in [6.07, 6.45) is 0. The zero-order valence-electron chi connectivity index (χ0n) is 12.6. The van der Waals surface area contributed by atoms with E-state index in [0.29, 0.717) is 30.0 Å². The molecule has 0 bridgehead atoms. The molecular formula is C13H16ClN2O4PS2. The van der Waals surface area contributed by atoms with Crippen molar-refractivity contribution < 1.29 is 18.3 Å². The summed E-state index contributed by atoms with van der Waals surface area (Å²) in [5.41, 5.74) is 0.973. The number of halogens is 1. The Morgan fingerprint density at radius 1 is 1.17 bits per heavy atom. The van der Waals surface area contributed by atoms with Crippen LogP contribution in [0.2, 0.25) is 5.02 Å². The van der Waals surface area contributed by atoms with Gasteiger partial charge in [-0.25, -0.2) is 0 Å². The third-order valence-electron chi connectivity index (χ3n) is 2.43. The minimum atomic E-state index is -2.87. The van der Waals surface area contributed by atoms with Crippen LogP contribution in [0.15, 0.2) is 24.3 Å². The molecule has 0 amide bonds. The Morgan fingerprint density at radius 2 is 1.83 bits per heavy atom. The van der Waals surface area contributed by atoms with Gasteiger partial charge < -0.3 is 9.26 Å². The SMILES string of the molecule is CCOP(=S)(OCC)Oc1nsc(OCc2ccc(Cl)cc2)n1. The van der Waals surface area contributed by atoms with Crippen molar-refractivity contribution in [2.75, 3.05) is 13.2 Å². The lowest BCUT2D eigenvalue weighted by Crippen LogP contribution is -2.03. The molecule has 1 aromatic carbocycles. The summed E-state index contributed by atoms with van der Waals surface area (Å²) in [6.45, 7) is 1.91. The Morgan fingerprint density at radius 3 is 2.43 bits per heavy atom. The molecule has 0 N–H and O–H groups in total. The van der Waals surface area contributed by atoms with Crippen molar-refractivity contribution in [3.63, 3.8) is 0 Å². The van der Waals surface area contributed by atoms with Gasteiger partial charge in [-0.15, -0.1) is 9.36 Å². The molecule has 10 heteroatoms. The van der Waals surface area contributed by atoms with Gasteiger partial charge in [-0.3, -0.25) is 9.05 Å². The molecule has 0 saturated heterocycles. The molecular weight excluding hydrogens is 379 g/mol. The third kappa shape index (κ3) is 5.99. The first-order valence-corrected chi connectivity index (χ1v) is 10.5. The minimum Gasteiger partial charge on any atom is -0.464 e. The molecule has 0 spiro atoms. The van der Waals surface area contributed by atoms with Gasteiger partial charge in [0.05, 0.1) is 13.2 Å². The van der Waals surface area contributed by atoms with E-state index in [2.05, 4.69) is 9.36 Å². The predicted octanol–water partition coefficient (Wildman–Crippen LogP) is 4.45. The monoisotopic (exact) mass is 394 g/mol. The van der Waals surface area contributed by atoms with Crippen molar-refractivity contribution in [3.05, 3.63) is 34.9 Å². The molecule has 0 aliphatic carbocycles. The minimum absolute atomic E-state index is 0.103. The molecule has 23 heavy (non-hydrogen) atoms. The second kappa shape index (κ2) is 8.92. The van der Waals surface area contributed by atoms with E-state index in [1.54, 1.807) is 12.1 Å². The van der Waals surface area contributed by atoms with Crippen molar-refractivity contribution in [1.82, 2.24) is 9.36 Å². The maximum atomic E-state index is 5.84. The topological polar surface area (TPSA) is 62.7 Å². The molecule has 0 fully saturated rings. The quantitative estimate of drug-likeness (QED) is 0.582. The molecule has 0 aliphatic heterocycles. The summed E-state index contributed by atoms with van der Waals surface area (Å²) in [7, 11) is 0. The lowest BCUT2D eigenvalue weighted by Gasteiger charge is -2.18. The first-order chi connectivity index (χ1) is 11.0. The number of hydrogen-bond donors (Lipinski definition) is 0. The molecule has 0 atom stereocenters. The first kappa shape index (κ1) is 18.6. The Hall–Kier alpha value is -0.760. The highest BCUT2D eigenvalue weighted by atomic mass is 35.5. The molecule has 0 unspecified atom stereocenters. The summed E-state index contributed by atoms with van der Waals surface area (Å²) in [5, 5.41) is 1.06. The fourth-order valence-corrected chi connectivity index (χ4v) is 4.10. The van der Waals surface area contributed by atoms with Gasteiger partial charge in [0.15, 0.2) is 0 Å². The van der Waals surface area contributed by atoms with E-state index in [1.165, 1.54) is 0 Å². The van der Waals surface area contributed by atoms with E-state index in [-0.39, 0.29) is 6.01 Å². The predicted molar refractivity (Wildman–Crippen MR) is 93.9 cm³/mol. The highest BCUT2D eigenvalue weighted by molar-refractivity contribution is 8.07. The molecule has 2 aromatic rings. The summed E-state index contributed by atoms with van der Waals surface area (Å²) in [6, 6.07) is 7.46. The Kier molecular flexibility index (Phi) is 7.20. The van der Waals surface area contributed by atoms with Crippen LogP contribution in [-0.2, 0) is 27.5 Å². The van der Waals surface area contributed by atoms with Crippen LogP contribution in [0.1, 0.15) is 19.4 Å². The van der Waals surface area contributed by atoms with Crippen LogP contribution in [-0.4, -0.2) is 22.6 Å². The molecule has 0 aliphatic rings. The van der Waals surface area contributed by atoms with Gasteiger partial charge in [0, 0.05) is 28.4 Å². The van der Waals surface area contributed by atoms with E-state index >= 15 is 0 Å². The van der Waals surface area contributed by atoms with Crippen molar-refractivity contribution in [2.45, 2.75) is 20.5 Å². The summed E-state index contributed by atoms with van der Waals surface area (Å²) < 4.78 is 25.9. The van der Waals surface area contributed by atoms with Gasteiger partial charge in [-0.1, -0.05) is 23.7 Å². The average molecular weight is 395 g/mol. The second-order valence-electron chi connectivity index (χ2n) is 4.13. The third-order valence-corrected chi connectivity index (χ3v) is 5.69. The Balaban J connectivity index is 1.94. The van der Waals surface area contributed by atoms with Crippen LogP contribution in [0.25, 0.3) is 0 Å². The molecule has 126 valence electrons. The van der Waals surface area contributed by atoms with Crippen LogP contribution in [0.3, 0.4) is 0 Å². The van der Waals surface area contributed by atoms with Crippen molar-refractivity contribution in [2.24, 2.45) is 0 Å². The second-order valence-corrected chi connectivity index (χ2v) is 8.22. The molecule has 1 aromatic heterocycles. The molecule has 6 nitrogen and oxygen atoms in total. The van der Waals surface area contributed by atoms with Crippen LogP contribution >= 0.6 is 29.9 Å². The number of aromatic nitrogens is 2. The molecule has 1 heterocycles. The molecule has 2 rings (SSSR count). The number of hydrogen-bond acceptors (Lipinski definition) is 8. The van der Waals surface area contributed by atoms with Crippen molar-refractivity contribution in [3.8, 4) is 11.2 Å².